The zero-order valence-corrected chi connectivity index (χ0v) is 10.5. The van der Waals surface area contributed by atoms with Gasteiger partial charge >= 0.3 is 5.97 Å². The number of nitrogens with zero attached hydrogens (tertiary/aromatic N) is 1. The van der Waals surface area contributed by atoms with Gasteiger partial charge in [0, 0.05) is 25.6 Å². The number of carboxylic acids is 1. The van der Waals surface area contributed by atoms with E-state index in [1.54, 1.807) is 4.90 Å². The molecule has 0 radical (unpaired) electrons. The van der Waals surface area contributed by atoms with E-state index in [0.717, 1.165) is 12.8 Å². The fourth-order valence-electron chi connectivity index (χ4n) is 3.74. The zero-order chi connectivity index (χ0) is 12.7. The summed E-state index contributed by atoms with van der Waals surface area (Å²) in [5.41, 5.74) is 0. The Morgan fingerprint density at radius 2 is 1.83 bits per heavy atom. The first-order valence-electron chi connectivity index (χ1n) is 6.94. The van der Waals surface area contributed by atoms with Crippen LogP contribution in [-0.4, -0.2) is 47.6 Å². The van der Waals surface area contributed by atoms with Gasteiger partial charge in [0.1, 0.15) is 6.04 Å². The molecule has 2 aliphatic carbocycles. The van der Waals surface area contributed by atoms with Crippen LogP contribution < -0.4 is 5.32 Å². The molecule has 5 nitrogen and oxygen atoms in total. The highest BCUT2D eigenvalue weighted by Gasteiger charge is 2.56. The molecule has 1 aliphatic heterocycles. The lowest BCUT2D eigenvalue weighted by molar-refractivity contribution is -0.152. The summed E-state index contributed by atoms with van der Waals surface area (Å²) < 4.78 is 0. The van der Waals surface area contributed by atoms with Crippen molar-refractivity contribution in [3.8, 4) is 0 Å². The molecule has 2 saturated carbocycles. The third kappa shape index (κ3) is 1.90. The van der Waals surface area contributed by atoms with Crippen molar-refractivity contribution in [1.29, 1.82) is 0 Å². The molecule has 3 atom stereocenters. The summed E-state index contributed by atoms with van der Waals surface area (Å²) in [6.07, 6.45) is 4.78. The molecule has 0 aromatic rings. The minimum absolute atomic E-state index is 0.0980. The Balaban J connectivity index is 1.69. The number of fused-ring (bicyclic) bond motifs is 1. The minimum atomic E-state index is -0.890. The van der Waals surface area contributed by atoms with Crippen molar-refractivity contribution in [2.24, 2.45) is 17.8 Å². The highest BCUT2D eigenvalue weighted by atomic mass is 16.4. The summed E-state index contributed by atoms with van der Waals surface area (Å²) in [6.45, 7) is 1.62. The predicted molar refractivity (Wildman–Crippen MR) is 64.9 cm³/mol. The van der Waals surface area contributed by atoms with Crippen molar-refractivity contribution in [2.45, 2.75) is 31.7 Å². The third-order valence-corrected chi connectivity index (χ3v) is 4.75. The van der Waals surface area contributed by atoms with Gasteiger partial charge in [0.2, 0.25) is 5.91 Å². The van der Waals surface area contributed by atoms with Gasteiger partial charge in [0.25, 0.3) is 0 Å². The first-order valence-corrected chi connectivity index (χ1v) is 6.94. The maximum atomic E-state index is 12.5. The third-order valence-electron chi connectivity index (χ3n) is 4.75. The van der Waals surface area contributed by atoms with Crippen LogP contribution >= 0.6 is 0 Å². The molecule has 3 aliphatic rings. The first-order chi connectivity index (χ1) is 8.70. The number of nitrogens with one attached hydrogen (secondary N) is 1. The molecule has 3 rings (SSSR count). The van der Waals surface area contributed by atoms with Crippen molar-refractivity contribution in [1.82, 2.24) is 10.2 Å². The minimum Gasteiger partial charge on any atom is -0.480 e. The zero-order valence-electron chi connectivity index (χ0n) is 10.5. The Bertz CT molecular complexity index is 359. The van der Waals surface area contributed by atoms with E-state index < -0.39 is 12.0 Å². The van der Waals surface area contributed by atoms with Gasteiger partial charge in [-0.25, -0.2) is 4.79 Å². The summed E-state index contributed by atoms with van der Waals surface area (Å²) in [7, 11) is 0. The Hall–Kier alpha value is -1.10. The molecule has 100 valence electrons. The summed E-state index contributed by atoms with van der Waals surface area (Å²) >= 11 is 0. The monoisotopic (exact) mass is 252 g/mol. The highest BCUT2D eigenvalue weighted by molar-refractivity contribution is 5.87. The average Bonchev–Trinajstić information content (AvgIpc) is 3.12. The second-order valence-corrected chi connectivity index (χ2v) is 5.73. The first kappa shape index (κ1) is 12.0. The van der Waals surface area contributed by atoms with Crippen molar-refractivity contribution in [3.05, 3.63) is 0 Å². The lowest BCUT2D eigenvalue weighted by atomic mass is 10.0. The SMILES string of the molecule is O=C(O)C1CNCCN1C(=O)C1C2CCCCC21. The molecule has 0 bridgehead atoms. The Morgan fingerprint density at radius 1 is 1.17 bits per heavy atom. The number of carboxylic acid groups (broad SMARTS) is 1. The van der Waals surface area contributed by atoms with E-state index in [1.165, 1.54) is 12.8 Å². The number of amides is 1. The normalized spacial score (nSPS) is 39.0. The summed E-state index contributed by atoms with van der Waals surface area (Å²) in [4.78, 5) is 25.3. The van der Waals surface area contributed by atoms with E-state index >= 15 is 0 Å². The topological polar surface area (TPSA) is 69.6 Å². The van der Waals surface area contributed by atoms with E-state index in [4.69, 9.17) is 0 Å². The molecule has 3 unspecified atom stereocenters. The lowest BCUT2D eigenvalue weighted by Gasteiger charge is -2.33. The molecule has 1 saturated heterocycles. The van der Waals surface area contributed by atoms with E-state index in [0.29, 0.717) is 31.5 Å². The standard InChI is InChI=1S/C13H20N2O3/c16-12(11-8-3-1-2-4-9(8)11)15-6-5-14-7-10(15)13(17)18/h8-11,14H,1-7H2,(H,17,18). The van der Waals surface area contributed by atoms with Gasteiger partial charge in [-0.05, 0) is 24.7 Å². The van der Waals surface area contributed by atoms with Gasteiger partial charge in [0.15, 0.2) is 0 Å². The molecule has 1 heterocycles. The largest absolute Gasteiger partial charge is 0.480 e. The number of carbonyl (C=O) groups is 2. The van der Waals surface area contributed by atoms with Crippen LogP contribution in [0.25, 0.3) is 0 Å². The van der Waals surface area contributed by atoms with Gasteiger partial charge in [0.05, 0.1) is 0 Å². The Morgan fingerprint density at radius 3 is 2.44 bits per heavy atom. The van der Waals surface area contributed by atoms with Crippen LogP contribution in [0.15, 0.2) is 0 Å². The molecular formula is C13H20N2O3. The summed E-state index contributed by atoms with van der Waals surface area (Å²) in [6, 6.07) is -0.672. The molecule has 3 fully saturated rings. The fraction of sp³-hybridized carbons (Fsp3) is 0.846. The molecular weight excluding hydrogens is 232 g/mol. The van der Waals surface area contributed by atoms with Crippen molar-refractivity contribution in [3.63, 3.8) is 0 Å². The number of piperazine rings is 1. The second-order valence-electron chi connectivity index (χ2n) is 5.73. The molecule has 5 heteroatoms. The van der Waals surface area contributed by atoms with Crippen LogP contribution in [-0.2, 0) is 9.59 Å². The molecule has 0 aromatic carbocycles. The van der Waals surface area contributed by atoms with Crippen LogP contribution in [0.5, 0.6) is 0 Å². The van der Waals surface area contributed by atoms with Crippen molar-refractivity contribution >= 4 is 11.9 Å². The van der Waals surface area contributed by atoms with Crippen molar-refractivity contribution < 1.29 is 14.7 Å². The van der Waals surface area contributed by atoms with Gasteiger partial charge in [-0.2, -0.15) is 0 Å². The number of hydrogen-bond donors (Lipinski definition) is 2. The molecule has 18 heavy (non-hydrogen) atoms. The Labute approximate surface area is 107 Å². The quantitative estimate of drug-likeness (QED) is 0.742. The fourth-order valence-corrected chi connectivity index (χ4v) is 3.74. The van der Waals surface area contributed by atoms with E-state index in [-0.39, 0.29) is 11.8 Å². The van der Waals surface area contributed by atoms with Crippen molar-refractivity contribution in [2.75, 3.05) is 19.6 Å². The summed E-state index contributed by atoms with van der Waals surface area (Å²) in [5, 5.41) is 12.2. The van der Waals surface area contributed by atoms with Gasteiger partial charge in [-0.3, -0.25) is 4.79 Å². The van der Waals surface area contributed by atoms with Gasteiger partial charge in [-0.1, -0.05) is 12.8 Å². The molecule has 2 N–H and O–H groups in total. The maximum absolute atomic E-state index is 12.5. The molecule has 0 spiro atoms. The van der Waals surface area contributed by atoms with Gasteiger partial charge in [-0.15, -0.1) is 0 Å². The highest BCUT2D eigenvalue weighted by Crippen LogP contribution is 2.56. The number of carbonyl (C=O) groups excluding carboxylic acids is 1. The smallest absolute Gasteiger partial charge is 0.327 e. The number of aliphatic carboxylic acids is 1. The number of rotatable bonds is 2. The van der Waals surface area contributed by atoms with E-state index in [9.17, 15) is 14.7 Å². The number of hydrogen-bond acceptors (Lipinski definition) is 3. The van der Waals surface area contributed by atoms with E-state index in [2.05, 4.69) is 5.32 Å². The molecule has 0 aromatic heterocycles. The van der Waals surface area contributed by atoms with Crippen LogP contribution in [0.3, 0.4) is 0 Å². The van der Waals surface area contributed by atoms with Crippen LogP contribution in [0, 0.1) is 17.8 Å². The molecule has 1 amide bonds. The van der Waals surface area contributed by atoms with Crippen LogP contribution in [0.1, 0.15) is 25.7 Å². The van der Waals surface area contributed by atoms with Gasteiger partial charge < -0.3 is 15.3 Å². The Kier molecular flexibility index (Phi) is 3.01. The maximum Gasteiger partial charge on any atom is 0.327 e. The lowest BCUT2D eigenvalue weighted by Crippen LogP contribution is -2.57. The van der Waals surface area contributed by atoms with Crippen LogP contribution in [0.2, 0.25) is 0 Å². The average molecular weight is 252 g/mol. The van der Waals surface area contributed by atoms with E-state index in [1.807, 2.05) is 0 Å². The second kappa shape index (κ2) is 4.53. The predicted octanol–water partition coefficient (Wildman–Crippen LogP) is 0.308. The van der Waals surface area contributed by atoms with Crippen LogP contribution in [0.4, 0.5) is 0 Å². The summed E-state index contributed by atoms with van der Waals surface area (Å²) in [5.74, 6) is 0.443.